The van der Waals surface area contributed by atoms with Crippen molar-refractivity contribution in [2.45, 2.75) is 58.4 Å². The minimum atomic E-state index is 0.263. The fourth-order valence-electron chi connectivity index (χ4n) is 2.30. The van der Waals surface area contributed by atoms with Crippen LogP contribution in [-0.2, 0) is 5.88 Å². The average Bonchev–Trinajstić information content (AvgIpc) is 2.32. The highest BCUT2D eigenvalue weighted by molar-refractivity contribution is 6.17. The first-order chi connectivity index (χ1) is 8.50. The van der Waals surface area contributed by atoms with Crippen LogP contribution in [0.5, 0.6) is 6.01 Å². The topological polar surface area (TPSA) is 35.0 Å². The lowest BCUT2D eigenvalue weighted by atomic mass is 9.76. The van der Waals surface area contributed by atoms with E-state index in [1.807, 2.05) is 6.92 Å². The van der Waals surface area contributed by atoms with Gasteiger partial charge in [0.05, 0.1) is 5.88 Å². The van der Waals surface area contributed by atoms with Crippen LogP contribution in [0.1, 0.15) is 50.8 Å². The Balaban J connectivity index is 1.96. The Morgan fingerprint density at radius 1 is 1.39 bits per heavy atom. The number of nitrogens with zero attached hydrogens (tertiary/aromatic N) is 2. The Bertz CT molecular complexity index is 410. The second-order valence-electron chi connectivity index (χ2n) is 5.88. The number of hydrogen-bond acceptors (Lipinski definition) is 3. The molecular weight excluding hydrogens is 248 g/mol. The molecular formula is C14H21ClN2O. The number of halogens is 1. The Hall–Kier alpha value is -0.830. The van der Waals surface area contributed by atoms with Gasteiger partial charge in [0.2, 0.25) is 0 Å². The molecule has 1 aromatic heterocycles. The summed E-state index contributed by atoms with van der Waals surface area (Å²) in [6.07, 6.45) is 6.61. The number of ether oxygens (including phenoxy) is 1. The van der Waals surface area contributed by atoms with Gasteiger partial charge < -0.3 is 4.74 Å². The van der Waals surface area contributed by atoms with E-state index in [2.05, 4.69) is 23.8 Å². The summed E-state index contributed by atoms with van der Waals surface area (Å²) >= 11 is 5.79. The largest absolute Gasteiger partial charge is 0.460 e. The lowest BCUT2D eigenvalue weighted by molar-refractivity contribution is 0.0904. The first-order valence-corrected chi connectivity index (χ1v) is 7.09. The minimum absolute atomic E-state index is 0.263. The molecule has 2 rings (SSSR count). The number of aryl methyl sites for hydroxylation is 1. The highest BCUT2D eigenvalue weighted by Crippen LogP contribution is 2.36. The molecule has 0 radical (unpaired) electrons. The molecule has 1 aliphatic rings. The first kappa shape index (κ1) is 13.6. The smallest absolute Gasteiger partial charge is 0.316 e. The molecule has 0 spiro atoms. The Morgan fingerprint density at radius 2 is 2.06 bits per heavy atom. The van der Waals surface area contributed by atoms with Crippen molar-refractivity contribution in [1.29, 1.82) is 0 Å². The molecule has 0 aliphatic heterocycles. The van der Waals surface area contributed by atoms with Gasteiger partial charge >= 0.3 is 6.01 Å². The van der Waals surface area contributed by atoms with Crippen LogP contribution in [0.4, 0.5) is 0 Å². The van der Waals surface area contributed by atoms with E-state index in [1.165, 1.54) is 12.8 Å². The zero-order valence-electron chi connectivity index (χ0n) is 11.4. The molecule has 1 saturated carbocycles. The third-order valence-electron chi connectivity index (χ3n) is 3.76. The van der Waals surface area contributed by atoms with Crippen LogP contribution in [0.15, 0.2) is 6.20 Å². The minimum Gasteiger partial charge on any atom is -0.460 e. The molecule has 0 amide bonds. The van der Waals surface area contributed by atoms with E-state index >= 15 is 0 Å². The quantitative estimate of drug-likeness (QED) is 0.781. The average molecular weight is 269 g/mol. The number of aromatic nitrogens is 2. The highest BCUT2D eigenvalue weighted by atomic mass is 35.5. The summed E-state index contributed by atoms with van der Waals surface area (Å²) in [6, 6.07) is 0.492. The molecule has 4 heteroatoms. The molecule has 1 aromatic rings. The number of rotatable bonds is 3. The van der Waals surface area contributed by atoms with E-state index in [1.54, 1.807) is 6.20 Å². The molecule has 0 atom stereocenters. The molecule has 1 aliphatic carbocycles. The van der Waals surface area contributed by atoms with Gasteiger partial charge in [0.25, 0.3) is 0 Å². The van der Waals surface area contributed by atoms with E-state index in [0.717, 1.165) is 24.1 Å². The van der Waals surface area contributed by atoms with Gasteiger partial charge in [-0.3, -0.25) is 0 Å². The molecule has 0 saturated heterocycles. The van der Waals surface area contributed by atoms with Crippen LogP contribution in [-0.4, -0.2) is 16.1 Å². The lowest BCUT2D eigenvalue weighted by Gasteiger charge is -2.33. The first-order valence-electron chi connectivity index (χ1n) is 6.55. The van der Waals surface area contributed by atoms with Gasteiger partial charge in [0, 0.05) is 17.5 Å². The standard InChI is InChI=1S/C14H21ClN2O/c1-10-11(8-15)9-16-13(17-10)18-12-4-6-14(2,3)7-5-12/h9,12H,4-8H2,1-3H3. The number of hydrogen-bond donors (Lipinski definition) is 0. The summed E-state index contributed by atoms with van der Waals surface area (Å²) in [6.45, 7) is 6.58. The fraction of sp³-hybridized carbons (Fsp3) is 0.714. The van der Waals surface area contributed by atoms with Crippen LogP contribution in [0.3, 0.4) is 0 Å². The SMILES string of the molecule is Cc1nc(OC2CCC(C)(C)CC2)ncc1CCl. The molecule has 100 valence electrons. The second-order valence-corrected chi connectivity index (χ2v) is 6.15. The van der Waals surface area contributed by atoms with Crippen LogP contribution >= 0.6 is 11.6 Å². The molecule has 0 aromatic carbocycles. The van der Waals surface area contributed by atoms with Crippen molar-refractivity contribution in [3.8, 4) is 6.01 Å². The summed E-state index contributed by atoms with van der Waals surface area (Å²) in [4.78, 5) is 8.58. The van der Waals surface area contributed by atoms with Gasteiger partial charge in [-0.1, -0.05) is 13.8 Å². The zero-order chi connectivity index (χ0) is 13.2. The van der Waals surface area contributed by atoms with E-state index in [-0.39, 0.29) is 6.10 Å². The van der Waals surface area contributed by atoms with Crippen LogP contribution < -0.4 is 4.74 Å². The van der Waals surface area contributed by atoms with Crippen molar-refractivity contribution in [2.75, 3.05) is 0 Å². The summed E-state index contributed by atoms with van der Waals surface area (Å²) in [5.41, 5.74) is 2.33. The predicted octanol–water partition coefficient (Wildman–Crippen LogP) is 3.87. The number of alkyl halides is 1. The van der Waals surface area contributed by atoms with Gasteiger partial charge in [-0.15, -0.1) is 11.6 Å². The van der Waals surface area contributed by atoms with Crippen LogP contribution in [0.2, 0.25) is 0 Å². The Labute approximate surface area is 114 Å². The molecule has 0 N–H and O–H groups in total. The van der Waals surface area contributed by atoms with Crippen molar-refractivity contribution in [3.05, 3.63) is 17.5 Å². The van der Waals surface area contributed by atoms with Crippen molar-refractivity contribution >= 4 is 11.6 Å². The van der Waals surface area contributed by atoms with Crippen molar-refractivity contribution in [3.63, 3.8) is 0 Å². The maximum Gasteiger partial charge on any atom is 0.316 e. The van der Waals surface area contributed by atoms with Gasteiger partial charge in [0.15, 0.2) is 0 Å². The Morgan fingerprint density at radius 3 is 2.61 bits per heavy atom. The third-order valence-corrected chi connectivity index (χ3v) is 4.05. The van der Waals surface area contributed by atoms with Crippen molar-refractivity contribution in [1.82, 2.24) is 9.97 Å². The third kappa shape index (κ3) is 3.35. The lowest BCUT2D eigenvalue weighted by Crippen LogP contribution is -2.28. The predicted molar refractivity (Wildman–Crippen MR) is 73.0 cm³/mol. The summed E-state index contributed by atoms with van der Waals surface area (Å²) in [7, 11) is 0. The van der Waals surface area contributed by atoms with E-state index in [4.69, 9.17) is 16.3 Å². The van der Waals surface area contributed by atoms with Gasteiger partial charge in [-0.25, -0.2) is 9.97 Å². The fourth-order valence-corrected chi connectivity index (χ4v) is 2.56. The maximum absolute atomic E-state index is 5.86. The Kier molecular flexibility index (Phi) is 4.10. The van der Waals surface area contributed by atoms with E-state index in [9.17, 15) is 0 Å². The highest BCUT2D eigenvalue weighted by Gasteiger charge is 2.28. The molecule has 1 fully saturated rings. The van der Waals surface area contributed by atoms with Gasteiger partial charge in [0.1, 0.15) is 6.10 Å². The molecule has 0 unspecified atom stereocenters. The van der Waals surface area contributed by atoms with E-state index in [0.29, 0.717) is 17.3 Å². The molecule has 3 nitrogen and oxygen atoms in total. The monoisotopic (exact) mass is 268 g/mol. The molecule has 1 heterocycles. The second kappa shape index (κ2) is 5.43. The van der Waals surface area contributed by atoms with Crippen LogP contribution in [0.25, 0.3) is 0 Å². The summed E-state index contributed by atoms with van der Waals surface area (Å²) in [5, 5.41) is 0. The molecule has 0 bridgehead atoms. The van der Waals surface area contributed by atoms with Gasteiger partial charge in [-0.05, 0) is 38.0 Å². The van der Waals surface area contributed by atoms with Crippen molar-refractivity contribution in [2.24, 2.45) is 5.41 Å². The van der Waals surface area contributed by atoms with Crippen molar-refractivity contribution < 1.29 is 4.74 Å². The zero-order valence-corrected chi connectivity index (χ0v) is 12.1. The summed E-state index contributed by atoms with van der Waals surface area (Å²) < 4.78 is 5.86. The van der Waals surface area contributed by atoms with Gasteiger partial charge in [-0.2, -0.15) is 0 Å². The van der Waals surface area contributed by atoms with Crippen LogP contribution in [0, 0.1) is 12.3 Å². The van der Waals surface area contributed by atoms with E-state index < -0.39 is 0 Å². The maximum atomic E-state index is 5.86. The normalized spacial score (nSPS) is 19.8. The summed E-state index contributed by atoms with van der Waals surface area (Å²) in [5.74, 6) is 0.448. The molecule has 18 heavy (non-hydrogen) atoms.